The highest BCUT2D eigenvalue weighted by molar-refractivity contribution is 5.94. The second-order valence-electron chi connectivity index (χ2n) is 8.11. The predicted molar refractivity (Wildman–Crippen MR) is 116 cm³/mol. The molecule has 1 saturated carbocycles. The van der Waals surface area contributed by atoms with Crippen molar-refractivity contribution in [2.75, 3.05) is 25.0 Å². The molecule has 0 bridgehead atoms. The lowest BCUT2D eigenvalue weighted by Crippen LogP contribution is -2.29. The number of anilines is 1. The quantitative estimate of drug-likeness (QED) is 0.669. The Morgan fingerprint density at radius 1 is 1.00 bits per heavy atom. The first kappa shape index (κ1) is 20.4. The van der Waals surface area contributed by atoms with Crippen molar-refractivity contribution in [1.82, 2.24) is 10.2 Å². The van der Waals surface area contributed by atoms with Gasteiger partial charge < -0.3 is 15.4 Å². The van der Waals surface area contributed by atoms with E-state index in [1.165, 1.54) is 18.4 Å². The Morgan fingerprint density at radius 3 is 2.53 bits per heavy atom. The molecule has 1 aliphatic carbocycles. The van der Waals surface area contributed by atoms with Gasteiger partial charge in [-0.15, -0.1) is 0 Å². The summed E-state index contributed by atoms with van der Waals surface area (Å²) in [5, 5.41) is 5.84. The number of nitrogens with zero attached hydrogens (tertiary/aromatic N) is 1. The molecule has 1 heterocycles. The first-order valence-electron chi connectivity index (χ1n) is 10.8. The van der Waals surface area contributed by atoms with Crippen LogP contribution in [-0.4, -0.2) is 36.4 Å². The number of benzene rings is 2. The van der Waals surface area contributed by atoms with Crippen LogP contribution in [0.25, 0.3) is 0 Å². The van der Waals surface area contributed by atoms with Crippen molar-refractivity contribution >= 4 is 17.5 Å². The third kappa shape index (κ3) is 5.83. The lowest BCUT2D eigenvalue weighted by molar-refractivity contribution is -0.123. The summed E-state index contributed by atoms with van der Waals surface area (Å²) in [6.45, 7) is 3.66. The molecular formula is C24H29N3O3. The van der Waals surface area contributed by atoms with Crippen LogP contribution >= 0.6 is 0 Å². The zero-order chi connectivity index (χ0) is 20.8. The fourth-order valence-corrected chi connectivity index (χ4v) is 3.71. The number of rotatable bonds is 9. The minimum atomic E-state index is -0.168. The summed E-state index contributed by atoms with van der Waals surface area (Å²) >= 11 is 0. The molecule has 0 atom stereocenters. The predicted octanol–water partition coefficient (Wildman–Crippen LogP) is 3.33. The van der Waals surface area contributed by atoms with Gasteiger partial charge in [-0.3, -0.25) is 14.5 Å². The normalized spacial score (nSPS) is 16.3. The van der Waals surface area contributed by atoms with Gasteiger partial charge in [0.2, 0.25) is 5.91 Å². The van der Waals surface area contributed by atoms with Crippen LogP contribution in [0.3, 0.4) is 0 Å². The number of likely N-dealkylation sites (tertiary alicyclic amines) is 1. The van der Waals surface area contributed by atoms with E-state index in [9.17, 15) is 9.59 Å². The van der Waals surface area contributed by atoms with Crippen LogP contribution in [0, 0.1) is 5.92 Å². The van der Waals surface area contributed by atoms with Crippen LogP contribution < -0.4 is 15.4 Å². The molecule has 4 rings (SSSR count). The van der Waals surface area contributed by atoms with Gasteiger partial charge in [-0.25, -0.2) is 0 Å². The van der Waals surface area contributed by atoms with E-state index in [2.05, 4.69) is 33.7 Å². The maximum absolute atomic E-state index is 12.3. The van der Waals surface area contributed by atoms with E-state index in [1.54, 1.807) is 12.1 Å². The summed E-state index contributed by atoms with van der Waals surface area (Å²) < 4.78 is 5.62. The zero-order valence-electron chi connectivity index (χ0n) is 17.2. The number of hydrogen-bond acceptors (Lipinski definition) is 4. The largest absolute Gasteiger partial charge is 0.484 e. The molecule has 6 heteroatoms. The number of carbonyl (C=O) groups is 2. The summed E-state index contributed by atoms with van der Waals surface area (Å²) in [4.78, 5) is 26.6. The Labute approximate surface area is 177 Å². The van der Waals surface area contributed by atoms with Crippen molar-refractivity contribution < 1.29 is 14.3 Å². The van der Waals surface area contributed by atoms with Gasteiger partial charge in [0.05, 0.1) is 0 Å². The number of amides is 2. The Balaban J connectivity index is 1.25. The van der Waals surface area contributed by atoms with Crippen molar-refractivity contribution in [3.05, 3.63) is 59.7 Å². The highest BCUT2D eigenvalue weighted by Crippen LogP contribution is 2.30. The molecule has 1 saturated heterocycles. The average Bonchev–Trinajstić information content (AvgIpc) is 3.49. The fraction of sp³-hybridized carbons (Fsp3) is 0.417. The molecule has 0 aromatic heterocycles. The zero-order valence-corrected chi connectivity index (χ0v) is 17.2. The van der Waals surface area contributed by atoms with E-state index < -0.39 is 0 Å². The van der Waals surface area contributed by atoms with Crippen molar-refractivity contribution in [2.24, 2.45) is 5.92 Å². The lowest BCUT2D eigenvalue weighted by Gasteiger charge is -2.17. The Kier molecular flexibility index (Phi) is 6.64. The molecule has 2 N–H and O–H groups in total. The maximum Gasteiger partial charge on any atom is 0.258 e. The van der Waals surface area contributed by atoms with Gasteiger partial charge in [0, 0.05) is 30.8 Å². The van der Waals surface area contributed by atoms with Gasteiger partial charge in [-0.1, -0.05) is 30.3 Å². The molecule has 158 valence electrons. The Bertz CT molecular complexity index is 889. The maximum atomic E-state index is 12.3. The standard InChI is InChI=1S/C24H29N3O3/c28-23(17-30-22-9-5-8-21(14-22)26-24(29)18-10-11-18)25-15-19-6-1-2-7-20(19)16-27-12-3-4-13-27/h1-2,5-9,14,18H,3-4,10-13,15-17H2,(H,25,28)(H,26,29). The highest BCUT2D eigenvalue weighted by Gasteiger charge is 2.29. The summed E-state index contributed by atoms with van der Waals surface area (Å²) in [6.07, 6.45) is 4.45. The van der Waals surface area contributed by atoms with E-state index >= 15 is 0 Å². The van der Waals surface area contributed by atoms with Crippen LogP contribution in [0.5, 0.6) is 5.75 Å². The van der Waals surface area contributed by atoms with Gasteiger partial charge in [0.15, 0.2) is 6.61 Å². The van der Waals surface area contributed by atoms with Crippen molar-refractivity contribution in [2.45, 2.75) is 38.8 Å². The lowest BCUT2D eigenvalue weighted by atomic mass is 10.1. The van der Waals surface area contributed by atoms with Gasteiger partial charge >= 0.3 is 0 Å². The first-order chi connectivity index (χ1) is 14.7. The SMILES string of the molecule is O=C(COc1cccc(NC(=O)C2CC2)c1)NCc1ccccc1CN1CCCC1. The summed E-state index contributed by atoms with van der Waals surface area (Å²) in [5.41, 5.74) is 3.10. The number of hydrogen-bond donors (Lipinski definition) is 2. The van der Waals surface area contributed by atoms with Crippen molar-refractivity contribution in [3.63, 3.8) is 0 Å². The van der Waals surface area contributed by atoms with Crippen LogP contribution in [0.15, 0.2) is 48.5 Å². The number of nitrogens with one attached hydrogen (secondary N) is 2. The smallest absolute Gasteiger partial charge is 0.258 e. The molecule has 6 nitrogen and oxygen atoms in total. The van der Waals surface area contributed by atoms with E-state index in [1.807, 2.05) is 18.2 Å². The van der Waals surface area contributed by atoms with Crippen molar-refractivity contribution in [3.8, 4) is 5.75 Å². The van der Waals surface area contributed by atoms with E-state index in [-0.39, 0.29) is 24.3 Å². The van der Waals surface area contributed by atoms with E-state index in [0.717, 1.165) is 38.0 Å². The molecule has 2 aliphatic rings. The average molecular weight is 408 g/mol. The second-order valence-corrected chi connectivity index (χ2v) is 8.11. The summed E-state index contributed by atoms with van der Waals surface area (Å²) in [6, 6.07) is 15.4. The van der Waals surface area contributed by atoms with Crippen LogP contribution in [0.2, 0.25) is 0 Å². The van der Waals surface area contributed by atoms with Gasteiger partial charge in [0.1, 0.15) is 5.75 Å². The molecule has 1 aliphatic heterocycles. The Hall–Kier alpha value is -2.86. The monoisotopic (exact) mass is 407 g/mol. The van der Waals surface area contributed by atoms with E-state index in [0.29, 0.717) is 18.0 Å². The molecular weight excluding hydrogens is 378 g/mol. The molecule has 0 unspecified atom stereocenters. The van der Waals surface area contributed by atoms with Gasteiger partial charge in [-0.2, -0.15) is 0 Å². The molecule has 0 spiro atoms. The molecule has 2 amide bonds. The highest BCUT2D eigenvalue weighted by atomic mass is 16.5. The molecule has 2 aromatic rings. The topological polar surface area (TPSA) is 70.7 Å². The second kappa shape index (κ2) is 9.76. The molecule has 0 radical (unpaired) electrons. The van der Waals surface area contributed by atoms with Crippen LogP contribution in [-0.2, 0) is 22.7 Å². The van der Waals surface area contributed by atoms with Crippen LogP contribution in [0.4, 0.5) is 5.69 Å². The fourth-order valence-electron chi connectivity index (χ4n) is 3.71. The summed E-state index contributed by atoms with van der Waals surface area (Å²) in [7, 11) is 0. The van der Waals surface area contributed by atoms with Gasteiger partial charge in [0.25, 0.3) is 5.91 Å². The summed E-state index contributed by atoms with van der Waals surface area (Å²) in [5.74, 6) is 0.595. The number of carbonyl (C=O) groups excluding carboxylic acids is 2. The van der Waals surface area contributed by atoms with E-state index in [4.69, 9.17) is 4.74 Å². The molecule has 30 heavy (non-hydrogen) atoms. The number of ether oxygens (including phenoxy) is 1. The minimum absolute atomic E-state index is 0.0532. The van der Waals surface area contributed by atoms with Gasteiger partial charge in [-0.05, 0) is 62.0 Å². The minimum Gasteiger partial charge on any atom is -0.484 e. The Morgan fingerprint density at radius 2 is 1.77 bits per heavy atom. The molecule has 2 fully saturated rings. The molecule has 2 aromatic carbocycles. The van der Waals surface area contributed by atoms with Crippen molar-refractivity contribution in [1.29, 1.82) is 0 Å². The third-order valence-electron chi connectivity index (χ3n) is 5.61. The van der Waals surface area contributed by atoms with Crippen LogP contribution in [0.1, 0.15) is 36.8 Å². The third-order valence-corrected chi connectivity index (χ3v) is 5.61. The first-order valence-corrected chi connectivity index (χ1v) is 10.8.